The summed E-state index contributed by atoms with van der Waals surface area (Å²) in [7, 11) is -3.79. The topological polar surface area (TPSA) is 66.5 Å². The van der Waals surface area contributed by atoms with Gasteiger partial charge in [-0.1, -0.05) is 56.2 Å². The Morgan fingerprint density at radius 1 is 0.958 bits per heavy atom. The molecule has 0 fully saturated rings. The second kappa shape index (κ2) is 8.61. The van der Waals surface area contributed by atoms with E-state index in [1.807, 2.05) is 6.07 Å². The Labute approximate surface area is 143 Å². The molecule has 0 radical (unpaired) electrons. The zero-order chi connectivity index (χ0) is 17.4. The molecule has 24 heavy (non-hydrogen) atoms. The summed E-state index contributed by atoms with van der Waals surface area (Å²) in [5.74, 6) is -0.355. The van der Waals surface area contributed by atoms with Gasteiger partial charge >= 0.3 is 0 Å². The third-order valence-electron chi connectivity index (χ3n) is 3.54. The SMILES string of the molecule is CCCCCN(NS(=O)(=O)c1ccccc1)C(=O)c1ccccc1. The van der Waals surface area contributed by atoms with Crippen molar-refractivity contribution in [2.45, 2.75) is 31.1 Å². The first-order valence-corrected chi connectivity index (χ1v) is 9.47. The van der Waals surface area contributed by atoms with Gasteiger partial charge in [-0.2, -0.15) is 0 Å². The Morgan fingerprint density at radius 2 is 1.54 bits per heavy atom. The van der Waals surface area contributed by atoms with Crippen molar-refractivity contribution in [3.63, 3.8) is 0 Å². The lowest BCUT2D eigenvalue weighted by atomic mass is 10.2. The van der Waals surface area contributed by atoms with Gasteiger partial charge in [0.25, 0.3) is 15.9 Å². The van der Waals surface area contributed by atoms with Gasteiger partial charge in [-0.05, 0) is 30.7 Å². The molecule has 0 unspecified atom stereocenters. The molecule has 2 rings (SSSR count). The van der Waals surface area contributed by atoms with Crippen LogP contribution in [-0.4, -0.2) is 25.9 Å². The average Bonchev–Trinajstić information content (AvgIpc) is 2.62. The van der Waals surface area contributed by atoms with Gasteiger partial charge in [0.2, 0.25) is 0 Å². The number of unbranched alkanes of at least 4 members (excludes halogenated alkanes) is 2. The van der Waals surface area contributed by atoms with Crippen LogP contribution in [0.25, 0.3) is 0 Å². The maximum atomic E-state index is 12.6. The molecule has 0 saturated carbocycles. The molecular formula is C18H22N2O3S. The molecule has 2 aromatic rings. The normalized spacial score (nSPS) is 11.2. The van der Waals surface area contributed by atoms with Crippen molar-refractivity contribution >= 4 is 15.9 Å². The summed E-state index contributed by atoms with van der Waals surface area (Å²) in [5, 5.41) is 1.19. The van der Waals surface area contributed by atoms with Crippen LogP contribution in [0, 0.1) is 0 Å². The fraction of sp³-hybridized carbons (Fsp3) is 0.278. The molecule has 0 spiro atoms. The highest BCUT2D eigenvalue weighted by molar-refractivity contribution is 7.89. The smallest absolute Gasteiger partial charge is 0.268 e. The van der Waals surface area contributed by atoms with E-state index in [0.717, 1.165) is 19.3 Å². The molecular weight excluding hydrogens is 324 g/mol. The molecule has 0 aliphatic rings. The molecule has 1 N–H and O–H groups in total. The number of hydrogen-bond donors (Lipinski definition) is 1. The van der Waals surface area contributed by atoms with E-state index in [0.29, 0.717) is 12.1 Å². The zero-order valence-corrected chi connectivity index (χ0v) is 14.5. The standard InChI is InChI=1S/C18H22N2O3S/c1-2-3-10-15-20(18(21)16-11-6-4-7-12-16)19-24(22,23)17-13-8-5-9-14-17/h4-9,11-14,19H,2-3,10,15H2,1H3. The van der Waals surface area contributed by atoms with Gasteiger partial charge in [0.15, 0.2) is 0 Å². The number of carbonyl (C=O) groups is 1. The Hall–Kier alpha value is -2.18. The van der Waals surface area contributed by atoms with Crippen molar-refractivity contribution in [3.8, 4) is 0 Å². The van der Waals surface area contributed by atoms with Crippen LogP contribution in [0.1, 0.15) is 36.5 Å². The lowest BCUT2D eigenvalue weighted by Crippen LogP contribution is -2.46. The predicted octanol–water partition coefficient (Wildman–Crippen LogP) is 3.21. The molecule has 0 atom stereocenters. The highest BCUT2D eigenvalue weighted by atomic mass is 32.2. The van der Waals surface area contributed by atoms with Crippen molar-refractivity contribution in [2.24, 2.45) is 0 Å². The van der Waals surface area contributed by atoms with E-state index in [9.17, 15) is 13.2 Å². The minimum absolute atomic E-state index is 0.131. The Bertz CT molecular complexity index is 746. The summed E-state index contributed by atoms with van der Waals surface area (Å²) >= 11 is 0. The van der Waals surface area contributed by atoms with E-state index in [1.165, 1.54) is 17.1 Å². The van der Waals surface area contributed by atoms with Crippen LogP contribution in [0.3, 0.4) is 0 Å². The molecule has 2 aromatic carbocycles. The second-order valence-corrected chi connectivity index (χ2v) is 7.10. The van der Waals surface area contributed by atoms with Crippen LogP contribution in [0.2, 0.25) is 0 Å². The number of amides is 1. The van der Waals surface area contributed by atoms with Crippen LogP contribution < -0.4 is 4.83 Å². The van der Waals surface area contributed by atoms with Gasteiger partial charge in [0.1, 0.15) is 0 Å². The molecule has 5 nitrogen and oxygen atoms in total. The van der Waals surface area contributed by atoms with Gasteiger partial charge < -0.3 is 0 Å². The fourth-order valence-corrected chi connectivity index (χ4v) is 3.33. The third kappa shape index (κ3) is 4.91. The van der Waals surface area contributed by atoms with Crippen LogP contribution >= 0.6 is 0 Å². The van der Waals surface area contributed by atoms with Crippen molar-refractivity contribution in [3.05, 3.63) is 66.2 Å². The van der Waals surface area contributed by atoms with Crippen molar-refractivity contribution < 1.29 is 13.2 Å². The van der Waals surface area contributed by atoms with E-state index >= 15 is 0 Å². The highest BCUT2D eigenvalue weighted by Gasteiger charge is 2.22. The first-order chi connectivity index (χ1) is 11.5. The van der Waals surface area contributed by atoms with Crippen molar-refractivity contribution in [2.75, 3.05) is 6.54 Å². The zero-order valence-electron chi connectivity index (χ0n) is 13.7. The number of hydrogen-bond acceptors (Lipinski definition) is 3. The van der Waals surface area contributed by atoms with E-state index in [2.05, 4.69) is 11.8 Å². The van der Waals surface area contributed by atoms with Crippen molar-refractivity contribution in [1.29, 1.82) is 0 Å². The van der Waals surface area contributed by atoms with Crippen LogP contribution in [0.5, 0.6) is 0 Å². The minimum atomic E-state index is -3.79. The molecule has 0 saturated heterocycles. The number of nitrogens with one attached hydrogen (secondary N) is 1. The largest absolute Gasteiger partial charge is 0.268 e. The van der Waals surface area contributed by atoms with Gasteiger partial charge in [-0.3, -0.25) is 9.80 Å². The second-order valence-electron chi connectivity index (χ2n) is 5.44. The number of sulfonamides is 1. The highest BCUT2D eigenvalue weighted by Crippen LogP contribution is 2.11. The number of nitrogens with zero attached hydrogens (tertiary/aromatic N) is 1. The summed E-state index contributed by atoms with van der Waals surface area (Å²) in [6, 6.07) is 16.7. The quantitative estimate of drug-likeness (QED) is 0.589. The van der Waals surface area contributed by atoms with Crippen LogP contribution in [0.15, 0.2) is 65.6 Å². The lowest BCUT2D eigenvalue weighted by Gasteiger charge is -2.23. The van der Waals surface area contributed by atoms with Crippen molar-refractivity contribution in [1.82, 2.24) is 9.84 Å². The van der Waals surface area contributed by atoms with E-state index in [-0.39, 0.29) is 10.8 Å². The molecule has 0 bridgehead atoms. The number of rotatable bonds is 8. The Balaban J connectivity index is 2.21. The van der Waals surface area contributed by atoms with E-state index in [1.54, 1.807) is 42.5 Å². The number of carbonyl (C=O) groups excluding carboxylic acids is 1. The Kier molecular flexibility index (Phi) is 6.52. The first-order valence-electron chi connectivity index (χ1n) is 7.99. The number of hydrazine groups is 1. The summed E-state index contributed by atoms with van der Waals surface area (Å²) in [4.78, 5) is 15.2. The Morgan fingerprint density at radius 3 is 2.12 bits per heavy atom. The maximum Gasteiger partial charge on any atom is 0.268 e. The molecule has 0 heterocycles. The monoisotopic (exact) mass is 346 g/mol. The van der Waals surface area contributed by atoms with E-state index < -0.39 is 10.0 Å². The van der Waals surface area contributed by atoms with Crippen LogP contribution in [0.4, 0.5) is 0 Å². The summed E-state index contributed by atoms with van der Waals surface area (Å²) in [6.07, 6.45) is 2.64. The minimum Gasteiger partial charge on any atom is -0.268 e. The summed E-state index contributed by atoms with van der Waals surface area (Å²) in [6.45, 7) is 2.38. The summed E-state index contributed by atoms with van der Waals surface area (Å²) < 4.78 is 25.0. The first kappa shape index (κ1) is 18.2. The fourth-order valence-electron chi connectivity index (χ4n) is 2.24. The van der Waals surface area contributed by atoms with Crippen LogP contribution in [-0.2, 0) is 10.0 Å². The van der Waals surface area contributed by atoms with Gasteiger partial charge in [0, 0.05) is 12.1 Å². The predicted molar refractivity (Wildman–Crippen MR) is 93.8 cm³/mol. The molecule has 6 heteroatoms. The molecule has 1 amide bonds. The third-order valence-corrected chi connectivity index (χ3v) is 4.89. The molecule has 128 valence electrons. The molecule has 0 aromatic heterocycles. The summed E-state index contributed by atoms with van der Waals surface area (Å²) in [5.41, 5.74) is 0.449. The molecule has 0 aliphatic heterocycles. The van der Waals surface area contributed by atoms with Gasteiger partial charge in [-0.25, -0.2) is 8.42 Å². The molecule has 0 aliphatic carbocycles. The van der Waals surface area contributed by atoms with Gasteiger partial charge in [-0.15, -0.1) is 4.83 Å². The average molecular weight is 346 g/mol. The van der Waals surface area contributed by atoms with Gasteiger partial charge in [0.05, 0.1) is 4.90 Å². The number of benzene rings is 2. The lowest BCUT2D eigenvalue weighted by molar-refractivity contribution is 0.0714. The van der Waals surface area contributed by atoms with E-state index in [4.69, 9.17) is 0 Å². The maximum absolute atomic E-state index is 12.6.